The molecule has 3 rings (SSSR count). The van der Waals surface area contributed by atoms with E-state index in [4.69, 9.17) is 23.2 Å². The minimum absolute atomic E-state index is 0.0971. The van der Waals surface area contributed by atoms with E-state index >= 15 is 0 Å². The summed E-state index contributed by atoms with van der Waals surface area (Å²) in [5.74, 6) is -1.93. The highest BCUT2D eigenvalue weighted by Gasteiger charge is 2.34. The summed E-state index contributed by atoms with van der Waals surface area (Å²) >= 11 is 12.4. The third-order valence-electron chi connectivity index (χ3n) is 6.10. The fourth-order valence-corrected chi connectivity index (χ4v) is 5.94. The molecule has 0 heterocycles. The summed E-state index contributed by atoms with van der Waals surface area (Å²) in [7, 11) is -4.37. The van der Waals surface area contributed by atoms with Gasteiger partial charge in [-0.3, -0.25) is 13.9 Å². The lowest BCUT2D eigenvalue weighted by Crippen LogP contribution is -2.52. The monoisotopic (exact) mass is 593 g/mol. The Labute approximate surface area is 238 Å². The van der Waals surface area contributed by atoms with Gasteiger partial charge in [0.05, 0.1) is 10.6 Å². The number of carbonyl (C=O) groups excluding carboxylic acids is 2. The van der Waals surface area contributed by atoms with Crippen LogP contribution in [-0.2, 0) is 26.2 Å². The zero-order valence-electron chi connectivity index (χ0n) is 21.8. The third-order valence-corrected chi connectivity index (χ3v) is 8.46. The Hall–Kier alpha value is -3.14. The summed E-state index contributed by atoms with van der Waals surface area (Å²) in [6.07, 6.45) is 0.243. The van der Waals surface area contributed by atoms with Gasteiger partial charge in [-0.1, -0.05) is 66.0 Å². The number of para-hydroxylation sites is 1. The second kappa shape index (κ2) is 13.3. The molecule has 1 N–H and O–H groups in total. The molecule has 0 bridgehead atoms. The van der Waals surface area contributed by atoms with Gasteiger partial charge in [0, 0.05) is 23.1 Å². The summed E-state index contributed by atoms with van der Waals surface area (Å²) in [4.78, 5) is 28.0. The lowest BCUT2D eigenvalue weighted by atomic mass is 10.1. The van der Waals surface area contributed by atoms with E-state index in [0.29, 0.717) is 17.1 Å². The molecule has 0 radical (unpaired) electrons. The smallest absolute Gasteiger partial charge is 0.264 e. The number of nitrogens with one attached hydrogen (secondary N) is 1. The number of nitrogens with zero attached hydrogens (tertiary/aromatic N) is 2. The van der Waals surface area contributed by atoms with E-state index in [-0.39, 0.29) is 28.6 Å². The highest BCUT2D eigenvalue weighted by molar-refractivity contribution is 7.92. The van der Waals surface area contributed by atoms with Gasteiger partial charge < -0.3 is 10.2 Å². The molecule has 2 amide bonds. The number of amides is 2. The molecule has 3 aromatic rings. The molecule has 208 valence electrons. The van der Waals surface area contributed by atoms with Crippen LogP contribution < -0.4 is 9.62 Å². The van der Waals surface area contributed by atoms with Crippen molar-refractivity contribution in [3.63, 3.8) is 0 Å². The van der Waals surface area contributed by atoms with E-state index in [9.17, 15) is 22.4 Å². The number of carbonyl (C=O) groups is 2. The fourth-order valence-electron chi connectivity index (χ4n) is 4.05. The number of rotatable bonds is 11. The van der Waals surface area contributed by atoms with Crippen LogP contribution in [-0.4, -0.2) is 44.3 Å². The van der Waals surface area contributed by atoms with Gasteiger partial charge in [-0.2, -0.15) is 0 Å². The topological polar surface area (TPSA) is 86.8 Å². The summed E-state index contributed by atoms with van der Waals surface area (Å²) < 4.78 is 43.2. The first kappa shape index (κ1) is 30.4. The first-order valence-electron chi connectivity index (χ1n) is 12.3. The van der Waals surface area contributed by atoms with Crippen LogP contribution in [0.2, 0.25) is 10.0 Å². The Balaban J connectivity index is 2.09. The van der Waals surface area contributed by atoms with Crippen molar-refractivity contribution < 1.29 is 22.4 Å². The molecule has 0 spiro atoms. The summed E-state index contributed by atoms with van der Waals surface area (Å²) in [6, 6.07) is 15.2. The Morgan fingerprint density at radius 3 is 2.26 bits per heavy atom. The first-order valence-corrected chi connectivity index (χ1v) is 14.5. The third kappa shape index (κ3) is 7.29. The molecule has 39 heavy (non-hydrogen) atoms. The van der Waals surface area contributed by atoms with Gasteiger partial charge in [0.25, 0.3) is 10.0 Å². The maximum Gasteiger partial charge on any atom is 0.264 e. The predicted molar refractivity (Wildman–Crippen MR) is 152 cm³/mol. The molecule has 3 aromatic carbocycles. The van der Waals surface area contributed by atoms with Crippen LogP contribution >= 0.6 is 23.2 Å². The van der Waals surface area contributed by atoms with Crippen molar-refractivity contribution >= 4 is 50.7 Å². The molecule has 0 aromatic heterocycles. The largest absolute Gasteiger partial charge is 0.355 e. The van der Waals surface area contributed by atoms with Crippen molar-refractivity contribution in [1.82, 2.24) is 10.2 Å². The van der Waals surface area contributed by atoms with E-state index in [1.54, 1.807) is 45.0 Å². The molecule has 0 fully saturated rings. The van der Waals surface area contributed by atoms with Crippen molar-refractivity contribution in [2.24, 2.45) is 0 Å². The molecule has 0 unspecified atom stereocenters. The molecule has 0 aliphatic heterocycles. The molecular formula is C28H30Cl2FN3O4S. The van der Waals surface area contributed by atoms with E-state index in [1.807, 2.05) is 0 Å². The van der Waals surface area contributed by atoms with Gasteiger partial charge in [0.2, 0.25) is 11.8 Å². The zero-order valence-corrected chi connectivity index (χ0v) is 24.2. The van der Waals surface area contributed by atoms with Crippen LogP contribution in [0.3, 0.4) is 0 Å². The quantitative estimate of drug-likeness (QED) is 0.314. The van der Waals surface area contributed by atoms with Crippen molar-refractivity contribution in [1.29, 1.82) is 0 Å². The molecule has 7 nitrogen and oxygen atoms in total. The number of sulfonamides is 1. The lowest BCUT2D eigenvalue weighted by molar-refractivity contribution is -0.140. The second-order valence-electron chi connectivity index (χ2n) is 8.85. The van der Waals surface area contributed by atoms with E-state index in [0.717, 1.165) is 15.9 Å². The Morgan fingerprint density at radius 2 is 1.67 bits per heavy atom. The van der Waals surface area contributed by atoms with Crippen molar-refractivity contribution in [2.45, 2.75) is 44.7 Å². The normalized spacial score (nSPS) is 12.1. The second-order valence-corrected chi connectivity index (χ2v) is 11.6. The van der Waals surface area contributed by atoms with E-state index in [2.05, 4.69) is 5.32 Å². The van der Waals surface area contributed by atoms with Gasteiger partial charge in [-0.05, 0) is 62.2 Å². The minimum atomic E-state index is -4.37. The lowest BCUT2D eigenvalue weighted by Gasteiger charge is -2.33. The van der Waals surface area contributed by atoms with Crippen molar-refractivity contribution in [2.75, 3.05) is 17.4 Å². The van der Waals surface area contributed by atoms with E-state index in [1.165, 1.54) is 41.3 Å². The van der Waals surface area contributed by atoms with Gasteiger partial charge in [0.1, 0.15) is 18.4 Å². The molecule has 11 heteroatoms. The molecule has 1 atom stereocenters. The van der Waals surface area contributed by atoms with Crippen LogP contribution in [0.15, 0.2) is 71.6 Å². The van der Waals surface area contributed by atoms with Gasteiger partial charge in [-0.15, -0.1) is 0 Å². The van der Waals surface area contributed by atoms with Crippen LogP contribution in [0.1, 0.15) is 31.4 Å². The summed E-state index contributed by atoms with van der Waals surface area (Å²) in [5.41, 5.74) is 1.05. The van der Waals surface area contributed by atoms with Crippen LogP contribution in [0.5, 0.6) is 0 Å². The zero-order chi connectivity index (χ0) is 28.7. The first-order chi connectivity index (χ1) is 18.5. The fraction of sp³-hybridized carbons (Fsp3) is 0.286. The average Bonchev–Trinajstić information content (AvgIpc) is 2.89. The Bertz CT molecular complexity index is 1430. The Kier molecular flexibility index (Phi) is 10.4. The number of halogens is 3. The van der Waals surface area contributed by atoms with Crippen LogP contribution in [0.4, 0.5) is 10.1 Å². The number of hydrogen-bond donors (Lipinski definition) is 1. The van der Waals surface area contributed by atoms with E-state index < -0.39 is 40.2 Å². The standard InChI is InChI=1S/C28H30Cl2FN3O4S/c1-4-25(28(36)32-5-2)33(17-20-12-13-21(29)16-23(20)30)27(35)18-34(26-9-7-6-8-24(26)31)39(37,38)22-14-10-19(3)11-15-22/h6-16,25H,4-5,17-18H2,1-3H3,(H,32,36)/t25-/m0/s1. The van der Waals surface area contributed by atoms with Gasteiger partial charge in [-0.25, -0.2) is 12.8 Å². The number of anilines is 1. The highest BCUT2D eigenvalue weighted by atomic mass is 35.5. The number of likely N-dealkylation sites (N-methyl/N-ethyl adjacent to an activating group) is 1. The van der Waals surface area contributed by atoms with Gasteiger partial charge >= 0.3 is 0 Å². The average molecular weight is 595 g/mol. The molecule has 0 saturated heterocycles. The Morgan fingerprint density at radius 1 is 1.00 bits per heavy atom. The number of benzene rings is 3. The molecular weight excluding hydrogens is 564 g/mol. The summed E-state index contributed by atoms with van der Waals surface area (Å²) in [5, 5.41) is 3.40. The molecule has 0 aliphatic rings. The van der Waals surface area contributed by atoms with Crippen molar-refractivity contribution in [3.05, 3.63) is 93.7 Å². The summed E-state index contributed by atoms with van der Waals surface area (Å²) in [6.45, 7) is 4.78. The number of hydrogen-bond acceptors (Lipinski definition) is 4. The van der Waals surface area contributed by atoms with Crippen molar-refractivity contribution in [3.8, 4) is 0 Å². The SMILES string of the molecule is CCNC(=O)[C@H](CC)N(Cc1ccc(Cl)cc1Cl)C(=O)CN(c1ccccc1F)S(=O)(=O)c1ccc(C)cc1. The molecule has 0 saturated carbocycles. The van der Waals surface area contributed by atoms with Gasteiger partial charge in [0.15, 0.2) is 0 Å². The highest BCUT2D eigenvalue weighted by Crippen LogP contribution is 2.28. The maximum absolute atomic E-state index is 15.0. The maximum atomic E-state index is 15.0. The number of aryl methyl sites for hydroxylation is 1. The predicted octanol–water partition coefficient (Wildman–Crippen LogP) is 5.58. The molecule has 0 aliphatic carbocycles. The van der Waals surface area contributed by atoms with Crippen LogP contribution in [0, 0.1) is 12.7 Å². The van der Waals surface area contributed by atoms with Crippen LogP contribution in [0.25, 0.3) is 0 Å². The minimum Gasteiger partial charge on any atom is -0.355 e.